The minimum atomic E-state index is -3.80. The number of halogens is 1. The molecule has 7 nitrogen and oxygen atoms in total. The number of hydrogen-bond acceptors (Lipinski definition) is 5. The van der Waals surface area contributed by atoms with Gasteiger partial charge in [0.1, 0.15) is 0 Å². The highest BCUT2D eigenvalue weighted by molar-refractivity contribution is 7.90. The molecule has 0 aliphatic carbocycles. The van der Waals surface area contributed by atoms with Gasteiger partial charge in [0.15, 0.2) is 0 Å². The summed E-state index contributed by atoms with van der Waals surface area (Å²) in [6, 6.07) is 5.36. The topological polar surface area (TPSA) is 101 Å². The standard InChI is InChI=1S/C14H25N3O4S2.ClH/c1-14(2,10-15)11-17(5)23(20,21)13-8-6-7-12(9-13)22(18,19)16(3)4;/h6-9H,10-11,15H2,1-5H3;1H. The molecule has 140 valence electrons. The molecule has 0 unspecified atom stereocenters. The Bertz CT molecular complexity index is 762. The van der Waals surface area contributed by atoms with E-state index in [2.05, 4.69) is 0 Å². The van der Waals surface area contributed by atoms with Crippen LogP contribution in [0.15, 0.2) is 34.1 Å². The molecule has 1 aromatic rings. The normalized spacial score (nSPS) is 13.2. The maximum absolute atomic E-state index is 12.7. The Hall–Kier alpha value is -0.710. The average molecular weight is 400 g/mol. The molecule has 0 bridgehead atoms. The molecule has 0 saturated heterocycles. The molecule has 2 N–H and O–H groups in total. The van der Waals surface area contributed by atoms with E-state index in [0.29, 0.717) is 6.54 Å². The van der Waals surface area contributed by atoms with Crippen LogP contribution in [0.2, 0.25) is 0 Å². The van der Waals surface area contributed by atoms with Crippen molar-refractivity contribution < 1.29 is 16.8 Å². The summed E-state index contributed by atoms with van der Waals surface area (Å²) < 4.78 is 51.9. The van der Waals surface area contributed by atoms with Gasteiger partial charge < -0.3 is 5.73 Å². The van der Waals surface area contributed by atoms with E-state index in [1.165, 1.54) is 49.7 Å². The van der Waals surface area contributed by atoms with Crippen molar-refractivity contribution in [1.82, 2.24) is 8.61 Å². The average Bonchev–Trinajstić information content (AvgIpc) is 2.46. The molecule has 10 heteroatoms. The molecule has 0 aliphatic heterocycles. The van der Waals surface area contributed by atoms with E-state index in [4.69, 9.17) is 5.73 Å². The van der Waals surface area contributed by atoms with Crippen LogP contribution >= 0.6 is 12.4 Å². The van der Waals surface area contributed by atoms with E-state index < -0.39 is 20.0 Å². The van der Waals surface area contributed by atoms with E-state index in [1.807, 2.05) is 13.8 Å². The third-order valence-corrected chi connectivity index (χ3v) is 7.11. The molecule has 0 fully saturated rings. The first-order chi connectivity index (χ1) is 10.3. The molecule has 0 radical (unpaired) electrons. The van der Waals surface area contributed by atoms with Gasteiger partial charge in [-0.05, 0) is 30.2 Å². The summed E-state index contributed by atoms with van der Waals surface area (Å²) in [5.74, 6) is 0. The van der Waals surface area contributed by atoms with Gasteiger partial charge in [-0.2, -0.15) is 0 Å². The summed E-state index contributed by atoms with van der Waals surface area (Å²) >= 11 is 0. The molecule has 0 aromatic heterocycles. The molecule has 0 heterocycles. The Kier molecular flexibility index (Phi) is 7.87. The quantitative estimate of drug-likeness (QED) is 0.736. The first-order valence-corrected chi connectivity index (χ1v) is 9.91. The maximum Gasteiger partial charge on any atom is 0.242 e. The van der Waals surface area contributed by atoms with Crippen LogP contribution in [0.4, 0.5) is 0 Å². The van der Waals surface area contributed by atoms with Crippen LogP contribution in [-0.4, -0.2) is 59.7 Å². The zero-order valence-corrected chi connectivity index (χ0v) is 17.0. The van der Waals surface area contributed by atoms with Gasteiger partial charge in [0.05, 0.1) is 9.79 Å². The van der Waals surface area contributed by atoms with Crippen LogP contribution in [0, 0.1) is 5.41 Å². The third-order valence-electron chi connectivity index (χ3n) is 3.50. The van der Waals surface area contributed by atoms with E-state index in [-0.39, 0.29) is 34.2 Å². The monoisotopic (exact) mass is 399 g/mol. The van der Waals surface area contributed by atoms with Gasteiger partial charge in [-0.25, -0.2) is 25.4 Å². The highest BCUT2D eigenvalue weighted by atomic mass is 35.5. The van der Waals surface area contributed by atoms with Gasteiger partial charge in [-0.1, -0.05) is 19.9 Å². The van der Waals surface area contributed by atoms with Crippen molar-refractivity contribution in [1.29, 1.82) is 0 Å². The van der Waals surface area contributed by atoms with Crippen molar-refractivity contribution >= 4 is 32.5 Å². The summed E-state index contributed by atoms with van der Waals surface area (Å²) in [4.78, 5) is -0.120. The van der Waals surface area contributed by atoms with Gasteiger partial charge in [0.2, 0.25) is 20.0 Å². The van der Waals surface area contributed by atoms with E-state index in [1.54, 1.807) is 0 Å². The number of rotatable bonds is 7. The summed E-state index contributed by atoms with van der Waals surface area (Å²) in [5.41, 5.74) is 5.26. The van der Waals surface area contributed by atoms with E-state index >= 15 is 0 Å². The van der Waals surface area contributed by atoms with Crippen LogP contribution in [0.25, 0.3) is 0 Å². The van der Waals surface area contributed by atoms with Crippen molar-refractivity contribution in [2.75, 3.05) is 34.2 Å². The Morgan fingerprint density at radius 2 is 1.46 bits per heavy atom. The highest BCUT2D eigenvalue weighted by Crippen LogP contribution is 2.23. The van der Waals surface area contributed by atoms with Gasteiger partial charge in [-0.3, -0.25) is 0 Å². The predicted octanol–water partition coefficient (Wildman–Crippen LogP) is 0.964. The van der Waals surface area contributed by atoms with Crippen LogP contribution in [0.5, 0.6) is 0 Å². The summed E-state index contributed by atoms with van der Waals surface area (Å²) in [6.07, 6.45) is 0. The lowest BCUT2D eigenvalue weighted by Crippen LogP contribution is -2.39. The minimum absolute atomic E-state index is 0. The molecule has 0 atom stereocenters. The lowest BCUT2D eigenvalue weighted by molar-refractivity contribution is 0.292. The van der Waals surface area contributed by atoms with Gasteiger partial charge in [0.25, 0.3) is 0 Å². The zero-order valence-electron chi connectivity index (χ0n) is 14.6. The summed E-state index contributed by atoms with van der Waals surface area (Å²) in [5, 5.41) is 0. The summed E-state index contributed by atoms with van der Waals surface area (Å²) in [7, 11) is -3.24. The van der Waals surface area contributed by atoms with Crippen LogP contribution in [0.1, 0.15) is 13.8 Å². The lowest BCUT2D eigenvalue weighted by atomic mass is 9.94. The molecule has 0 amide bonds. The number of sulfonamides is 2. The van der Waals surface area contributed by atoms with Gasteiger partial charge in [0, 0.05) is 27.7 Å². The summed E-state index contributed by atoms with van der Waals surface area (Å²) in [6.45, 7) is 4.30. The van der Waals surface area contributed by atoms with Crippen LogP contribution < -0.4 is 5.73 Å². The number of benzene rings is 1. The fraction of sp³-hybridized carbons (Fsp3) is 0.571. The molecule has 1 aromatic carbocycles. The Labute approximate surface area is 151 Å². The Balaban J connectivity index is 0.00000529. The maximum atomic E-state index is 12.7. The van der Waals surface area contributed by atoms with Crippen molar-refractivity contribution in [2.45, 2.75) is 23.6 Å². The molecule has 24 heavy (non-hydrogen) atoms. The fourth-order valence-electron chi connectivity index (χ4n) is 1.94. The molecule has 0 spiro atoms. The predicted molar refractivity (Wildman–Crippen MR) is 97.2 cm³/mol. The first-order valence-electron chi connectivity index (χ1n) is 7.03. The number of hydrogen-bond donors (Lipinski definition) is 1. The number of nitrogens with two attached hydrogens (primary N) is 1. The minimum Gasteiger partial charge on any atom is -0.330 e. The molecule has 0 saturated carbocycles. The lowest BCUT2D eigenvalue weighted by Gasteiger charge is -2.28. The van der Waals surface area contributed by atoms with E-state index in [9.17, 15) is 16.8 Å². The van der Waals surface area contributed by atoms with Crippen LogP contribution in [0.3, 0.4) is 0 Å². The second-order valence-corrected chi connectivity index (χ2v) is 10.6. The van der Waals surface area contributed by atoms with Gasteiger partial charge in [-0.15, -0.1) is 12.4 Å². The van der Waals surface area contributed by atoms with Crippen molar-refractivity contribution in [2.24, 2.45) is 11.1 Å². The van der Waals surface area contributed by atoms with Crippen molar-refractivity contribution in [3.05, 3.63) is 24.3 Å². The first kappa shape index (κ1) is 23.3. The third kappa shape index (κ3) is 5.14. The van der Waals surface area contributed by atoms with Gasteiger partial charge >= 0.3 is 0 Å². The van der Waals surface area contributed by atoms with Crippen molar-refractivity contribution in [3.8, 4) is 0 Å². The molecular weight excluding hydrogens is 374 g/mol. The molecule has 1 rings (SSSR count). The Morgan fingerprint density at radius 1 is 1.00 bits per heavy atom. The zero-order chi connectivity index (χ0) is 18.1. The van der Waals surface area contributed by atoms with Crippen molar-refractivity contribution in [3.63, 3.8) is 0 Å². The molecule has 0 aliphatic rings. The molecular formula is C14H26ClN3O4S2. The van der Waals surface area contributed by atoms with E-state index in [0.717, 1.165) is 4.31 Å². The second-order valence-electron chi connectivity index (χ2n) is 6.39. The smallest absolute Gasteiger partial charge is 0.242 e. The number of nitrogens with zero attached hydrogens (tertiary/aromatic N) is 2. The second kappa shape index (κ2) is 8.11. The fourth-order valence-corrected chi connectivity index (χ4v) is 4.37. The SMILES string of the molecule is CN(C)S(=O)(=O)c1cccc(S(=O)(=O)N(C)CC(C)(C)CN)c1.Cl. The largest absolute Gasteiger partial charge is 0.330 e. The Morgan fingerprint density at radius 3 is 1.88 bits per heavy atom. The van der Waals surface area contributed by atoms with Crippen LogP contribution in [-0.2, 0) is 20.0 Å². The highest BCUT2D eigenvalue weighted by Gasteiger charge is 2.28.